The third-order valence-corrected chi connectivity index (χ3v) is 3.20. The number of thiol groups is 1. The van der Waals surface area contributed by atoms with Gasteiger partial charge >= 0.3 is 5.25 Å². The maximum absolute atomic E-state index is 12.4. The van der Waals surface area contributed by atoms with Crippen molar-refractivity contribution < 1.29 is 13.6 Å². The van der Waals surface area contributed by atoms with Crippen LogP contribution in [0.4, 0.5) is 8.78 Å². The molecule has 0 spiro atoms. The summed E-state index contributed by atoms with van der Waals surface area (Å²) in [4.78, 5) is 13.1. The predicted octanol–water partition coefficient (Wildman–Crippen LogP) is 2.20. The fourth-order valence-electron chi connectivity index (χ4n) is 1.84. The molecule has 0 saturated carbocycles. The van der Waals surface area contributed by atoms with Gasteiger partial charge in [-0.05, 0) is 45.3 Å². The normalized spacial score (nSPS) is 20.5. The molecule has 2 nitrogen and oxygen atoms in total. The monoisotopic (exact) mass is 237 g/mol. The number of halogens is 2. The molecule has 0 amide bonds. The molecule has 1 aliphatic rings. The van der Waals surface area contributed by atoms with Crippen molar-refractivity contribution >= 4 is 18.4 Å². The van der Waals surface area contributed by atoms with Gasteiger partial charge in [-0.15, -0.1) is 0 Å². The highest BCUT2D eigenvalue weighted by atomic mass is 32.1. The van der Waals surface area contributed by atoms with Crippen LogP contribution in [0.5, 0.6) is 0 Å². The van der Waals surface area contributed by atoms with Crippen LogP contribution in [0.1, 0.15) is 25.7 Å². The van der Waals surface area contributed by atoms with Gasteiger partial charge in [0.15, 0.2) is 0 Å². The smallest absolute Gasteiger partial charge is 0.306 e. The van der Waals surface area contributed by atoms with E-state index in [1.165, 1.54) is 0 Å². The molecule has 1 rings (SSSR count). The lowest BCUT2D eigenvalue weighted by atomic mass is 9.91. The largest absolute Gasteiger partial charge is 0.348 e. The molecule has 0 aromatic heterocycles. The molecule has 88 valence electrons. The SMILES string of the molecule is CN1CCC(CCC(=O)C(F)(F)S)CC1. The number of likely N-dealkylation sites (tertiary alicyclic amines) is 1. The number of hydrogen-bond donors (Lipinski definition) is 1. The zero-order valence-corrected chi connectivity index (χ0v) is 9.77. The summed E-state index contributed by atoms with van der Waals surface area (Å²) < 4.78 is 24.9. The van der Waals surface area contributed by atoms with Crippen molar-refractivity contribution in [3.8, 4) is 0 Å². The average Bonchev–Trinajstić information content (AvgIpc) is 2.15. The Kier molecular flexibility index (Phi) is 4.52. The lowest BCUT2D eigenvalue weighted by molar-refractivity contribution is -0.132. The molecular weight excluding hydrogens is 220 g/mol. The summed E-state index contributed by atoms with van der Waals surface area (Å²) >= 11 is 2.97. The van der Waals surface area contributed by atoms with Gasteiger partial charge in [-0.2, -0.15) is 8.78 Å². The molecule has 0 radical (unpaired) electrons. The van der Waals surface area contributed by atoms with E-state index < -0.39 is 11.0 Å². The Morgan fingerprint density at radius 1 is 1.47 bits per heavy atom. The van der Waals surface area contributed by atoms with Crippen molar-refractivity contribution in [2.75, 3.05) is 20.1 Å². The van der Waals surface area contributed by atoms with Crippen molar-refractivity contribution in [1.82, 2.24) is 4.90 Å². The molecule has 0 aromatic carbocycles. The molecule has 1 fully saturated rings. The van der Waals surface area contributed by atoms with Crippen LogP contribution in [0.3, 0.4) is 0 Å². The maximum atomic E-state index is 12.4. The van der Waals surface area contributed by atoms with E-state index in [0.29, 0.717) is 12.3 Å². The Bertz CT molecular complexity index is 222. The number of rotatable bonds is 4. The highest BCUT2D eigenvalue weighted by Crippen LogP contribution is 2.26. The van der Waals surface area contributed by atoms with Crippen LogP contribution in [0.25, 0.3) is 0 Å². The molecule has 0 unspecified atom stereocenters. The second-order valence-corrected chi connectivity index (χ2v) is 4.81. The molecule has 0 aromatic rings. The molecule has 1 saturated heterocycles. The minimum atomic E-state index is -3.45. The van der Waals surface area contributed by atoms with E-state index in [-0.39, 0.29) is 6.42 Å². The first-order chi connectivity index (χ1) is 6.89. The highest BCUT2D eigenvalue weighted by molar-refractivity contribution is 7.82. The first-order valence-corrected chi connectivity index (χ1v) is 5.66. The summed E-state index contributed by atoms with van der Waals surface area (Å²) in [7, 11) is 2.04. The first kappa shape index (κ1) is 12.9. The second kappa shape index (κ2) is 5.25. The van der Waals surface area contributed by atoms with Gasteiger partial charge in [0, 0.05) is 6.42 Å². The van der Waals surface area contributed by atoms with Gasteiger partial charge in [0.05, 0.1) is 0 Å². The Balaban J connectivity index is 2.23. The van der Waals surface area contributed by atoms with E-state index in [9.17, 15) is 13.6 Å². The van der Waals surface area contributed by atoms with Gasteiger partial charge < -0.3 is 4.90 Å². The molecule has 5 heteroatoms. The average molecular weight is 237 g/mol. The fourth-order valence-corrected chi connectivity index (χ4v) is 1.95. The van der Waals surface area contributed by atoms with Gasteiger partial charge in [0.25, 0.3) is 0 Å². The summed E-state index contributed by atoms with van der Waals surface area (Å²) in [5, 5.41) is -3.45. The Labute approximate surface area is 94.4 Å². The Hall–Kier alpha value is -0.160. The Morgan fingerprint density at radius 2 is 2.00 bits per heavy atom. The molecule has 0 aliphatic carbocycles. The molecular formula is C10H17F2NOS. The van der Waals surface area contributed by atoms with Crippen LogP contribution in [0.2, 0.25) is 0 Å². The molecule has 15 heavy (non-hydrogen) atoms. The predicted molar refractivity (Wildman–Crippen MR) is 58.4 cm³/mol. The minimum absolute atomic E-state index is 0.0507. The van der Waals surface area contributed by atoms with Crippen LogP contribution in [0.15, 0.2) is 0 Å². The number of piperidine rings is 1. The Morgan fingerprint density at radius 3 is 2.47 bits per heavy atom. The summed E-state index contributed by atoms with van der Waals surface area (Å²) in [6.45, 7) is 1.99. The minimum Gasteiger partial charge on any atom is -0.306 e. The summed E-state index contributed by atoms with van der Waals surface area (Å²) in [6.07, 6.45) is 2.53. The van der Waals surface area contributed by atoms with E-state index in [1.807, 2.05) is 7.05 Å². The molecule has 0 N–H and O–H groups in total. The summed E-state index contributed by atoms with van der Waals surface area (Å²) in [6, 6.07) is 0. The van der Waals surface area contributed by atoms with E-state index in [1.54, 1.807) is 0 Å². The van der Waals surface area contributed by atoms with Gasteiger partial charge in [-0.3, -0.25) is 4.79 Å². The number of carbonyl (C=O) groups excluding carboxylic acids is 1. The van der Waals surface area contributed by atoms with Crippen LogP contribution in [0, 0.1) is 5.92 Å². The highest BCUT2D eigenvalue weighted by Gasteiger charge is 2.33. The lowest BCUT2D eigenvalue weighted by Gasteiger charge is -2.28. The number of hydrogen-bond acceptors (Lipinski definition) is 3. The first-order valence-electron chi connectivity index (χ1n) is 5.21. The van der Waals surface area contributed by atoms with Crippen molar-refractivity contribution in [3.05, 3.63) is 0 Å². The molecule has 1 heterocycles. The summed E-state index contributed by atoms with van der Waals surface area (Å²) in [5.74, 6) is -0.634. The second-order valence-electron chi connectivity index (χ2n) is 4.25. The third kappa shape index (κ3) is 4.47. The fraction of sp³-hybridized carbons (Fsp3) is 0.900. The number of carbonyl (C=O) groups is 1. The van der Waals surface area contributed by atoms with Gasteiger partial charge in [-0.25, -0.2) is 0 Å². The van der Waals surface area contributed by atoms with E-state index >= 15 is 0 Å². The molecule has 0 atom stereocenters. The van der Waals surface area contributed by atoms with Crippen LogP contribution in [-0.2, 0) is 4.79 Å². The van der Waals surface area contributed by atoms with Crippen LogP contribution >= 0.6 is 12.6 Å². The standard InChI is InChI=1S/C10H17F2NOS/c1-13-6-4-8(5-7-13)2-3-9(14)10(11,12)15/h8,15H,2-7H2,1H3. The van der Waals surface area contributed by atoms with Gasteiger partial charge in [0.2, 0.25) is 5.78 Å². The van der Waals surface area contributed by atoms with Gasteiger partial charge in [0.1, 0.15) is 0 Å². The van der Waals surface area contributed by atoms with Crippen LogP contribution < -0.4 is 0 Å². The zero-order chi connectivity index (χ0) is 11.5. The third-order valence-electron chi connectivity index (χ3n) is 2.95. The quantitative estimate of drug-likeness (QED) is 0.756. The molecule has 1 aliphatic heterocycles. The number of alkyl halides is 2. The van der Waals surface area contributed by atoms with Crippen molar-refractivity contribution in [1.29, 1.82) is 0 Å². The van der Waals surface area contributed by atoms with Crippen molar-refractivity contribution in [3.63, 3.8) is 0 Å². The van der Waals surface area contributed by atoms with Crippen molar-refractivity contribution in [2.24, 2.45) is 5.92 Å². The number of nitrogens with zero attached hydrogens (tertiary/aromatic N) is 1. The van der Waals surface area contributed by atoms with Crippen LogP contribution in [-0.4, -0.2) is 36.1 Å². The topological polar surface area (TPSA) is 20.3 Å². The summed E-state index contributed by atoms with van der Waals surface area (Å²) in [5.41, 5.74) is 0. The van der Waals surface area contributed by atoms with Gasteiger partial charge in [-0.1, -0.05) is 12.6 Å². The zero-order valence-electron chi connectivity index (χ0n) is 8.88. The number of Topliss-reactive ketones (excluding diaryl/α,β-unsaturated/α-hetero) is 1. The lowest BCUT2D eigenvalue weighted by Crippen LogP contribution is -2.31. The van der Waals surface area contributed by atoms with Crippen molar-refractivity contribution in [2.45, 2.75) is 30.9 Å². The van der Waals surface area contributed by atoms with E-state index in [0.717, 1.165) is 25.9 Å². The maximum Gasteiger partial charge on any atom is 0.348 e. The van der Waals surface area contributed by atoms with E-state index in [4.69, 9.17) is 0 Å². The van der Waals surface area contributed by atoms with E-state index in [2.05, 4.69) is 17.5 Å². The molecule has 0 bridgehead atoms. The number of ketones is 1.